The van der Waals surface area contributed by atoms with Gasteiger partial charge in [-0.2, -0.15) is 0 Å². The molecule has 0 radical (unpaired) electrons. The first kappa shape index (κ1) is 22.2. The predicted octanol–water partition coefficient (Wildman–Crippen LogP) is 4.59. The molecule has 4 nitrogen and oxygen atoms in total. The first-order chi connectivity index (χ1) is 13.4. The van der Waals surface area contributed by atoms with Crippen molar-refractivity contribution in [2.45, 2.75) is 65.5 Å². The summed E-state index contributed by atoms with van der Waals surface area (Å²) >= 11 is 0. The lowest BCUT2D eigenvalue weighted by molar-refractivity contribution is 0.0722. The number of allylic oxidation sites excluding steroid dienone is 2. The van der Waals surface area contributed by atoms with E-state index in [0.717, 1.165) is 47.3 Å². The van der Waals surface area contributed by atoms with Crippen molar-refractivity contribution in [1.29, 1.82) is 0 Å². The zero-order valence-corrected chi connectivity index (χ0v) is 17.1. The molecule has 0 atom stereocenters. The van der Waals surface area contributed by atoms with Gasteiger partial charge in [-0.15, -0.1) is 0 Å². The van der Waals surface area contributed by atoms with Gasteiger partial charge in [-0.3, -0.25) is 0 Å². The van der Waals surface area contributed by atoms with Crippen molar-refractivity contribution >= 4 is 5.57 Å². The van der Waals surface area contributed by atoms with Crippen molar-refractivity contribution in [3.8, 4) is 5.75 Å². The Morgan fingerprint density at radius 2 is 1.79 bits per heavy atom. The number of hydrogen-bond acceptors (Lipinski definition) is 4. The number of aliphatic hydroxyl groups excluding tert-OH is 2. The Bertz CT molecular complexity index is 787. The van der Waals surface area contributed by atoms with Crippen LogP contribution in [0.2, 0.25) is 0 Å². The number of ether oxygens (including phenoxy) is 1. The molecule has 4 heteroatoms. The minimum atomic E-state index is -0.653. The molecular formula is C24H32O4. The molecule has 0 saturated carbocycles. The smallest absolute Gasteiger partial charge is 0.120 e. The van der Waals surface area contributed by atoms with Crippen molar-refractivity contribution in [3.63, 3.8) is 0 Å². The maximum absolute atomic E-state index is 9.89. The highest BCUT2D eigenvalue weighted by molar-refractivity contribution is 5.66. The van der Waals surface area contributed by atoms with E-state index < -0.39 is 5.60 Å². The third kappa shape index (κ3) is 6.79. The number of aliphatic hydroxyl groups is 3. The minimum absolute atomic E-state index is 0.0847. The van der Waals surface area contributed by atoms with Crippen LogP contribution in [0, 0.1) is 0 Å². The summed E-state index contributed by atoms with van der Waals surface area (Å²) in [5, 5.41) is 28.6. The second kappa shape index (κ2) is 10.4. The van der Waals surface area contributed by atoms with E-state index in [1.54, 1.807) is 0 Å². The normalized spacial score (nSPS) is 12.3. The topological polar surface area (TPSA) is 69.9 Å². The summed E-state index contributed by atoms with van der Waals surface area (Å²) in [6.45, 7) is 5.99. The highest BCUT2D eigenvalue weighted by Crippen LogP contribution is 2.25. The molecule has 152 valence electrons. The molecule has 0 fully saturated rings. The van der Waals surface area contributed by atoms with E-state index in [4.69, 9.17) is 4.74 Å². The molecule has 0 aliphatic rings. The Balaban J connectivity index is 2.07. The highest BCUT2D eigenvalue weighted by atomic mass is 16.5. The number of rotatable bonds is 10. The maximum Gasteiger partial charge on any atom is 0.120 e. The molecule has 0 bridgehead atoms. The van der Waals surface area contributed by atoms with Gasteiger partial charge < -0.3 is 20.1 Å². The fourth-order valence-electron chi connectivity index (χ4n) is 3.09. The van der Waals surface area contributed by atoms with Crippen molar-refractivity contribution in [1.82, 2.24) is 0 Å². The van der Waals surface area contributed by atoms with Crippen LogP contribution in [-0.2, 0) is 19.8 Å². The Morgan fingerprint density at radius 1 is 1.04 bits per heavy atom. The molecule has 0 amide bonds. The second-order valence-corrected chi connectivity index (χ2v) is 7.67. The average Bonchev–Trinajstić information content (AvgIpc) is 2.68. The third-order valence-corrected chi connectivity index (χ3v) is 4.75. The van der Waals surface area contributed by atoms with Crippen LogP contribution in [0.4, 0.5) is 0 Å². The minimum Gasteiger partial charge on any atom is -0.489 e. The molecule has 3 N–H and O–H groups in total. The van der Waals surface area contributed by atoms with Gasteiger partial charge in [0.15, 0.2) is 0 Å². The Labute approximate surface area is 168 Å². The van der Waals surface area contributed by atoms with E-state index in [1.807, 2.05) is 50.2 Å². The van der Waals surface area contributed by atoms with Crippen LogP contribution in [0.25, 0.3) is 5.57 Å². The van der Waals surface area contributed by atoms with Crippen LogP contribution < -0.4 is 4.74 Å². The van der Waals surface area contributed by atoms with Crippen LogP contribution in [-0.4, -0.2) is 20.9 Å². The van der Waals surface area contributed by atoms with E-state index in [-0.39, 0.29) is 13.2 Å². The second-order valence-electron chi connectivity index (χ2n) is 7.67. The summed E-state index contributed by atoms with van der Waals surface area (Å²) in [4.78, 5) is 0. The first-order valence-corrected chi connectivity index (χ1v) is 9.83. The van der Waals surface area contributed by atoms with Gasteiger partial charge in [0.1, 0.15) is 12.4 Å². The van der Waals surface area contributed by atoms with Crippen molar-refractivity contribution in [3.05, 3.63) is 70.8 Å². The molecule has 0 aliphatic carbocycles. The quantitative estimate of drug-likeness (QED) is 0.560. The molecular weight excluding hydrogens is 352 g/mol. The molecule has 0 spiro atoms. The molecule has 2 aromatic rings. The summed E-state index contributed by atoms with van der Waals surface area (Å²) in [5.41, 5.74) is 4.12. The fraction of sp³-hybridized carbons (Fsp3) is 0.417. The third-order valence-electron chi connectivity index (χ3n) is 4.75. The molecule has 0 unspecified atom stereocenters. The van der Waals surface area contributed by atoms with Crippen LogP contribution in [0.5, 0.6) is 5.75 Å². The molecule has 2 rings (SSSR count). The van der Waals surface area contributed by atoms with E-state index >= 15 is 0 Å². The zero-order valence-electron chi connectivity index (χ0n) is 17.1. The average molecular weight is 385 g/mol. The van der Waals surface area contributed by atoms with Gasteiger partial charge in [-0.05, 0) is 79.1 Å². The van der Waals surface area contributed by atoms with Gasteiger partial charge in [0.2, 0.25) is 0 Å². The lowest BCUT2D eigenvalue weighted by Gasteiger charge is -2.16. The van der Waals surface area contributed by atoms with Gasteiger partial charge >= 0.3 is 0 Å². The summed E-state index contributed by atoms with van der Waals surface area (Å²) in [6, 6.07) is 13.6. The van der Waals surface area contributed by atoms with Crippen molar-refractivity contribution < 1.29 is 20.1 Å². The molecule has 0 aromatic heterocycles. The summed E-state index contributed by atoms with van der Waals surface area (Å²) in [7, 11) is 0. The monoisotopic (exact) mass is 384 g/mol. The molecule has 0 aliphatic heterocycles. The van der Waals surface area contributed by atoms with Crippen LogP contribution in [0.15, 0.2) is 48.5 Å². The SMILES string of the molecule is CC/C(=C/CCC(C)(C)O)c1cccc(OCc2ccc(CO)c(CO)c2)c1. The van der Waals surface area contributed by atoms with Gasteiger partial charge in [0.05, 0.1) is 18.8 Å². The van der Waals surface area contributed by atoms with Gasteiger partial charge in [-0.25, -0.2) is 0 Å². The fourth-order valence-corrected chi connectivity index (χ4v) is 3.09. The first-order valence-electron chi connectivity index (χ1n) is 9.83. The lowest BCUT2D eigenvalue weighted by atomic mass is 9.98. The molecule has 2 aromatic carbocycles. The van der Waals surface area contributed by atoms with E-state index in [2.05, 4.69) is 19.1 Å². The van der Waals surface area contributed by atoms with Crippen LogP contribution in [0.1, 0.15) is 62.3 Å². The van der Waals surface area contributed by atoms with Gasteiger partial charge in [0.25, 0.3) is 0 Å². The van der Waals surface area contributed by atoms with Crippen LogP contribution >= 0.6 is 0 Å². The van der Waals surface area contributed by atoms with Gasteiger partial charge in [0, 0.05) is 0 Å². The lowest BCUT2D eigenvalue weighted by Crippen LogP contribution is -2.17. The van der Waals surface area contributed by atoms with E-state index in [1.165, 1.54) is 5.57 Å². The van der Waals surface area contributed by atoms with Crippen molar-refractivity contribution in [2.24, 2.45) is 0 Å². The summed E-state index contributed by atoms with van der Waals surface area (Å²) < 4.78 is 5.95. The van der Waals surface area contributed by atoms with E-state index in [9.17, 15) is 15.3 Å². The number of hydrogen-bond donors (Lipinski definition) is 3. The molecule has 0 saturated heterocycles. The largest absolute Gasteiger partial charge is 0.489 e. The number of benzene rings is 2. The zero-order chi connectivity index (χ0) is 20.6. The standard InChI is InChI=1S/C24H32O4/c1-4-19(8-6-12-24(2,3)27)20-7-5-9-23(14-20)28-17-18-10-11-21(15-25)22(13-18)16-26/h5,7-11,13-14,25-27H,4,6,12,15-17H2,1-3H3/b19-8-. The Kier molecular flexibility index (Phi) is 8.24. The molecule has 0 heterocycles. The Morgan fingerprint density at radius 3 is 2.43 bits per heavy atom. The maximum atomic E-state index is 9.89. The molecule has 28 heavy (non-hydrogen) atoms. The van der Waals surface area contributed by atoms with Gasteiger partial charge in [-0.1, -0.05) is 37.3 Å². The summed E-state index contributed by atoms with van der Waals surface area (Å²) in [5.74, 6) is 0.788. The van der Waals surface area contributed by atoms with Crippen molar-refractivity contribution in [2.75, 3.05) is 0 Å². The van der Waals surface area contributed by atoms with Crippen LogP contribution in [0.3, 0.4) is 0 Å². The predicted molar refractivity (Wildman–Crippen MR) is 113 cm³/mol. The highest BCUT2D eigenvalue weighted by Gasteiger charge is 2.11. The Hall–Kier alpha value is -2.14. The van der Waals surface area contributed by atoms with E-state index in [0.29, 0.717) is 6.61 Å². The summed E-state index contributed by atoms with van der Waals surface area (Å²) in [6.07, 6.45) is 4.67.